The summed E-state index contributed by atoms with van der Waals surface area (Å²) in [5, 5.41) is 9.19. The van der Waals surface area contributed by atoms with Crippen molar-refractivity contribution >= 4 is 29.3 Å². The predicted octanol–water partition coefficient (Wildman–Crippen LogP) is 5.55. The molecule has 4 rings (SSSR count). The molecule has 0 spiro atoms. The summed E-state index contributed by atoms with van der Waals surface area (Å²) in [6, 6.07) is 10.5. The third-order valence-electron chi connectivity index (χ3n) is 7.13. The van der Waals surface area contributed by atoms with E-state index in [0.717, 1.165) is 5.69 Å². The Morgan fingerprint density at radius 3 is 2.41 bits per heavy atom. The Morgan fingerprint density at radius 1 is 1.00 bits per heavy atom. The lowest BCUT2D eigenvalue weighted by Crippen LogP contribution is -2.31. The van der Waals surface area contributed by atoms with Crippen LogP contribution < -0.4 is 16.0 Å². The van der Waals surface area contributed by atoms with E-state index in [-0.39, 0.29) is 11.3 Å². The summed E-state index contributed by atoms with van der Waals surface area (Å²) in [6.07, 6.45) is 9.84. The minimum atomic E-state index is -0.303. The fourth-order valence-electron chi connectivity index (χ4n) is 4.77. The lowest BCUT2D eigenvalue weighted by Gasteiger charge is -2.32. The van der Waals surface area contributed by atoms with E-state index in [0.29, 0.717) is 47.5 Å². The van der Waals surface area contributed by atoms with E-state index in [9.17, 15) is 4.79 Å². The zero-order valence-electron chi connectivity index (χ0n) is 23.7. The van der Waals surface area contributed by atoms with Crippen molar-refractivity contribution in [3.8, 4) is 0 Å². The number of nitrogens with one attached hydrogen (secondary N) is 3. The Morgan fingerprint density at radius 2 is 1.77 bits per heavy atom. The van der Waals surface area contributed by atoms with Crippen LogP contribution in [0.1, 0.15) is 74.0 Å². The average Bonchev–Trinajstić information content (AvgIpc) is 2.92. The van der Waals surface area contributed by atoms with Crippen LogP contribution in [0.25, 0.3) is 0 Å². The highest BCUT2D eigenvalue weighted by molar-refractivity contribution is 5.99. The molecule has 1 aliphatic rings. The SMILES string of the molecule is C=CCNC(=O)c1cnc(Nc2ccc(C3CCC(N(C)C)CC3)cn2)nc1Nc1cccc(C(C)(C)C)n1. The van der Waals surface area contributed by atoms with Crippen LogP contribution in [-0.4, -0.2) is 57.4 Å². The van der Waals surface area contributed by atoms with Gasteiger partial charge in [-0.3, -0.25) is 4.79 Å². The second kappa shape index (κ2) is 12.3. The van der Waals surface area contributed by atoms with E-state index < -0.39 is 0 Å². The number of anilines is 4. The first-order valence-electron chi connectivity index (χ1n) is 13.5. The van der Waals surface area contributed by atoms with Crippen molar-refractivity contribution in [3.63, 3.8) is 0 Å². The minimum absolute atomic E-state index is 0.121. The first-order valence-corrected chi connectivity index (χ1v) is 13.5. The van der Waals surface area contributed by atoms with Crippen LogP contribution >= 0.6 is 0 Å². The Labute approximate surface area is 231 Å². The van der Waals surface area contributed by atoms with Gasteiger partial charge in [0.25, 0.3) is 5.91 Å². The Bertz CT molecular complexity index is 1270. The Hall–Kier alpha value is -3.85. The first-order chi connectivity index (χ1) is 18.6. The monoisotopic (exact) mass is 528 g/mol. The molecule has 1 aliphatic carbocycles. The molecule has 0 aliphatic heterocycles. The van der Waals surface area contributed by atoms with E-state index in [1.54, 1.807) is 6.08 Å². The summed E-state index contributed by atoms with van der Waals surface area (Å²) in [5.74, 6) is 2.15. The second-order valence-electron chi connectivity index (χ2n) is 11.3. The standard InChI is InChI=1S/C30H40N8O/c1-7-17-31-28(39)23-19-33-29(37-27(23)35-26-10-8-9-24(34-26)30(2,3)4)36-25-16-13-21(18-32-25)20-11-14-22(15-12-20)38(5)6/h7-10,13,16,18-20,22H,1,11-12,14-15,17H2,2-6H3,(H,31,39)(H2,32,33,34,35,36,37). The summed E-state index contributed by atoms with van der Waals surface area (Å²) in [6.45, 7) is 10.3. The van der Waals surface area contributed by atoms with Crippen molar-refractivity contribution in [2.75, 3.05) is 31.3 Å². The molecule has 0 radical (unpaired) electrons. The molecule has 3 N–H and O–H groups in total. The maximum absolute atomic E-state index is 12.8. The molecule has 9 nitrogen and oxygen atoms in total. The van der Waals surface area contributed by atoms with Crippen molar-refractivity contribution < 1.29 is 4.79 Å². The molecule has 3 aromatic heterocycles. The van der Waals surface area contributed by atoms with Crippen LogP contribution in [0.15, 0.2) is 55.4 Å². The molecule has 0 atom stereocenters. The predicted molar refractivity (Wildman–Crippen MR) is 157 cm³/mol. The summed E-state index contributed by atoms with van der Waals surface area (Å²) < 4.78 is 0. The van der Waals surface area contributed by atoms with Crippen molar-refractivity contribution in [1.82, 2.24) is 30.2 Å². The molecule has 1 amide bonds. The van der Waals surface area contributed by atoms with Gasteiger partial charge in [-0.1, -0.05) is 39.0 Å². The molecular formula is C30H40N8O. The molecule has 1 saturated carbocycles. The van der Waals surface area contributed by atoms with Crippen LogP contribution in [0.3, 0.4) is 0 Å². The molecular weight excluding hydrogens is 488 g/mol. The number of nitrogens with zero attached hydrogens (tertiary/aromatic N) is 5. The van der Waals surface area contributed by atoms with Gasteiger partial charge in [0, 0.05) is 36.1 Å². The maximum Gasteiger partial charge on any atom is 0.256 e. The molecule has 0 saturated heterocycles. The summed E-state index contributed by atoms with van der Waals surface area (Å²) in [7, 11) is 4.32. The number of carbonyl (C=O) groups is 1. The second-order valence-corrected chi connectivity index (χ2v) is 11.3. The van der Waals surface area contributed by atoms with Gasteiger partial charge in [0.1, 0.15) is 23.0 Å². The number of rotatable bonds is 9. The number of carbonyl (C=O) groups excluding carboxylic acids is 1. The van der Waals surface area contributed by atoms with Gasteiger partial charge in [0.2, 0.25) is 5.95 Å². The van der Waals surface area contributed by atoms with Gasteiger partial charge in [0.05, 0.1) is 0 Å². The van der Waals surface area contributed by atoms with E-state index in [4.69, 9.17) is 4.98 Å². The molecule has 3 heterocycles. The van der Waals surface area contributed by atoms with E-state index in [2.05, 4.69) is 83.3 Å². The zero-order chi connectivity index (χ0) is 28.0. The van der Waals surface area contributed by atoms with Gasteiger partial charge < -0.3 is 20.9 Å². The minimum Gasteiger partial charge on any atom is -0.348 e. The van der Waals surface area contributed by atoms with E-state index in [1.807, 2.05) is 30.5 Å². The largest absolute Gasteiger partial charge is 0.348 e. The van der Waals surface area contributed by atoms with Gasteiger partial charge in [-0.2, -0.15) is 4.98 Å². The maximum atomic E-state index is 12.8. The average molecular weight is 529 g/mol. The van der Waals surface area contributed by atoms with Crippen LogP contribution in [0.4, 0.5) is 23.4 Å². The topological polar surface area (TPSA) is 108 Å². The van der Waals surface area contributed by atoms with Gasteiger partial charge in [-0.25, -0.2) is 15.0 Å². The lowest BCUT2D eigenvalue weighted by molar-refractivity contribution is 0.0958. The number of hydrogen-bond donors (Lipinski definition) is 3. The van der Waals surface area contributed by atoms with Crippen molar-refractivity contribution in [1.29, 1.82) is 0 Å². The molecule has 1 fully saturated rings. The Balaban J connectivity index is 1.52. The van der Waals surface area contributed by atoms with Crippen molar-refractivity contribution in [2.45, 2.75) is 63.8 Å². The molecule has 206 valence electrons. The van der Waals surface area contributed by atoms with Gasteiger partial charge in [-0.15, -0.1) is 6.58 Å². The van der Waals surface area contributed by atoms with Gasteiger partial charge in [0.15, 0.2) is 0 Å². The normalized spacial score (nSPS) is 17.5. The number of amides is 1. The van der Waals surface area contributed by atoms with Gasteiger partial charge >= 0.3 is 0 Å². The zero-order valence-corrected chi connectivity index (χ0v) is 23.7. The molecule has 9 heteroatoms. The summed E-state index contributed by atoms with van der Waals surface area (Å²) >= 11 is 0. The van der Waals surface area contributed by atoms with Crippen molar-refractivity contribution in [3.05, 3.63) is 72.2 Å². The van der Waals surface area contributed by atoms with Crippen LogP contribution in [-0.2, 0) is 5.41 Å². The molecule has 0 bridgehead atoms. The number of pyridine rings is 2. The number of aromatic nitrogens is 4. The molecule has 0 aromatic carbocycles. The summed E-state index contributed by atoms with van der Waals surface area (Å²) in [5.41, 5.74) is 2.38. The molecule has 39 heavy (non-hydrogen) atoms. The van der Waals surface area contributed by atoms with Crippen LogP contribution in [0, 0.1) is 0 Å². The summed E-state index contributed by atoms with van der Waals surface area (Å²) in [4.78, 5) is 33.5. The Kier molecular flexibility index (Phi) is 8.91. The van der Waals surface area contributed by atoms with Crippen LogP contribution in [0.5, 0.6) is 0 Å². The number of hydrogen-bond acceptors (Lipinski definition) is 8. The smallest absolute Gasteiger partial charge is 0.256 e. The highest BCUT2D eigenvalue weighted by atomic mass is 16.1. The van der Waals surface area contributed by atoms with Crippen LogP contribution in [0.2, 0.25) is 0 Å². The third kappa shape index (κ3) is 7.38. The quantitative estimate of drug-likeness (QED) is 0.310. The fraction of sp³-hybridized carbons (Fsp3) is 0.433. The third-order valence-corrected chi connectivity index (χ3v) is 7.13. The first kappa shape index (κ1) is 28.2. The highest BCUT2D eigenvalue weighted by Gasteiger charge is 2.24. The fourth-order valence-corrected chi connectivity index (χ4v) is 4.77. The van der Waals surface area contributed by atoms with E-state index >= 15 is 0 Å². The highest BCUT2D eigenvalue weighted by Crippen LogP contribution is 2.34. The molecule has 3 aromatic rings. The van der Waals surface area contributed by atoms with E-state index in [1.165, 1.54) is 37.4 Å². The van der Waals surface area contributed by atoms with Gasteiger partial charge in [-0.05, 0) is 69.5 Å². The lowest BCUT2D eigenvalue weighted by atomic mass is 9.82. The molecule has 0 unspecified atom stereocenters. The van der Waals surface area contributed by atoms with Crippen molar-refractivity contribution in [2.24, 2.45) is 0 Å².